The van der Waals surface area contributed by atoms with Gasteiger partial charge >= 0.3 is 0 Å². The molecule has 0 radical (unpaired) electrons. The molecule has 1 unspecified atom stereocenters. The van der Waals surface area contributed by atoms with Crippen LogP contribution in [-0.2, 0) is 14.9 Å². The summed E-state index contributed by atoms with van der Waals surface area (Å²) >= 11 is 0. The minimum Gasteiger partial charge on any atom is -0.298 e. The molecule has 0 heterocycles. The molecule has 1 fully saturated rings. The Hall–Kier alpha value is -0.420. The summed E-state index contributed by atoms with van der Waals surface area (Å²) < 4.78 is 31.4. The van der Waals surface area contributed by atoms with Crippen LogP contribution in [0.25, 0.3) is 0 Å². The Bertz CT molecular complexity index is 334. The number of carbonyl (C=O) groups excluding carboxylic acids is 1. The third-order valence-electron chi connectivity index (χ3n) is 3.36. The van der Waals surface area contributed by atoms with Gasteiger partial charge in [-0.25, -0.2) is 0 Å². The third-order valence-corrected chi connectivity index (χ3v) is 4.58. The van der Waals surface area contributed by atoms with Crippen LogP contribution in [0.2, 0.25) is 0 Å². The number of ketones is 1. The van der Waals surface area contributed by atoms with Gasteiger partial charge in [0.25, 0.3) is 10.1 Å². The number of hydrogen-bond donors (Lipinski definition) is 1. The second-order valence-corrected chi connectivity index (χ2v) is 6.44. The highest BCUT2D eigenvalue weighted by Crippen LogP contribution is 2.18. The summed E-state index contributed by atoms with van der Waals surface area (Å²) in [5, 5.41) is -1.18. The minimum atomic E-state index is -4.21. The lowest BCUT2D eigenvalue weighted by molar-refractivity contribution is -0.119. The molecule has 0 aromatic carbocycles. The van der Waals surface area contributed by atoms with E-state index >= 15 is 0 Å². The Balaban J connectivity index is 2.61. The van der Waals surface area contributed by atoms with Crippen LogP contribution < -0.4 is 0 Å². The van der Waals surface area contributed by atoms with Gasteiger partial charge in [-0.2, -0.15) is 8.42 Å². The van der Waals surface area contributed by atoms with Crippen molar-refractivity contribution in [2.75, 3.05) is 0 Å². The van der Waals surface area contributed by atoms with Crippen molar-refractivity contribution in [1.29, 1.82) is 0 Å². The second-order valence-electron chi connectivity index (χ2n) is 4.84. The molecule has 0 aliphatic heterocycles. The van der Waals surface area contributed by atoms with E-state index in [0.717, 1.165) is 32.1 Å². The summed E-state index contributed by atoms with van der Waals surface area (Å²) in [6, 6.07) is 0. The predicted octanol–water partition coefficient (Wildman–Crippen LogP) is 2.73. The van der Waals surface area contributed by atoms with Gasteiger partial charge in [0.05, 0.1) is 0 Å². The molecule has 100 valence electrons. The SMILES string of the molecule is O=C1CCCCCCCCCCC1S(=O)(=O)O. The molecule has 0 aromatic rings. The van der Waals surface area contributed by atoms with Crippen molar-refractivity contribution in [3.8, 4) is 0 Å². The summed E-state index contributed by atoms with van der Waals surface area (Å²) in [7, 11) is -4.21. The van der Waals surface area contributed by atoms with Gasteiger partial charge in [-0.05, 0) is 12.8 Å². The molecule has 0 spiro atoms. The molecule has 0 bridgehead atoms. The summed E-state index contributed by atoms with van der Waals surface area (Å²) in [5.41, 5.74) is 0. The Morgan fingerprint density at radius 2 is 1.35 bits per heavy atom. The minimum absolute atomic E-state index is 0.275. The molecule has 1 aliphatic rings. The molecule has 17 heavy (non-hydrogen) atoms. The van der Waals surface area contributed by atoms with Crippen LogP contribution in [0.4, 0.5) is 0 Å². The fraction of sp³-hybridized carbons (Fsp3) is 0.917. The molecule has 0 aromatic heterocycles. The van der Waals surface area contributed by atoms with Gasteiger partial charge in [-0.3, -0.25) is 9.35 Å². The molecule has 1 rings (SSSR count). The second kappa shape index (κ2) is 7.11. The molecule has 1 atom stereocenters. The largest absolute Gasteiger partial charge is 0.298 e. The standard InChI is InChI=1S/C12H22O4S/c13-11-9-7-5-3-1-2-4-6-8-10-12(11)17(14,15)16/h12H,1-10H2,(H,14,15,16). The Morgan fingerprint density at radius 1 is 0.882 bits per heavy atom. The van der Waals surface area contributed by atoms with Crippen LogP contribution in [0.3, 0.4) is 0 Å². The summed E-state index contributed by atoms with van der Waals surface area (Å²) in [4.78, 5) is 11.7. The smallest absolute Gasteiger partial charge is 0.274 e. The van der Waals surface area contributed by atoms with Crippen LogP contribution in [-0.4, -0.2) is 24.0 Å². The lowest BCUT2D eigenvalue weighted by atomic mass is 10.0. The lowest BCUT2D eigenvalue weighted by Crippen LogP contribution is -2.30. The van der Waals surface area contributed by atoms with Crippen LogP contribution in [0, 0.1) is 0 Å². The van der Waals surface area contributed by atoms with Crippen molar-refractivity contribution >= 4 is 15.9 Å². The van der Waals surface area contributed by atoms with E-state index in [1.807, 2.05) is 0 Å². The molecular formula is C12H22O4S. The molecule has 5 heteroatoms. The summed E-state index contributed by atoms with van der Waals surface area (Å²) in [6.07, 6.45) is 8.52. The van der Waals surface area contributed by atoms with Gasteiger partial charge in [-0.15, -0.1) is 0 Å². The Labute approximate surface area is 104 Å². The predicted molar refractivity (Wildman–Crippen MR) is 66.5 cm³/mol. The van der Waals surface area contributed by atoms with Crippen LogP contribution in [0.1, 0.15) is 64.2 Å². The molecule has 1 saturated carbocycles. The van der Waals surface area contributed by atoms with Crippen molar-refractivity contribution in [2.45, 2.75) is 69.5 Å². The van der Waals surface area contributed by atoms with Gasteiger partial charge < -0.3 is 0 Å². The van der Waals surface area contributed by atoms with E-state index < -0.39 is 15.4 Å². The van der Waals surface area contributed by atoms with E-state index in [9.17, 15) is 13.2 Å². The van der Waals surface area contributed by atoms with Crippen LogP contribution in [0.15, 0.2) is 0 Å². The van der Waals surface area contributed by atoms with Gasteiger partial charge in [0, 0.05) is 6.42 Å². The maximum Gasteiger partial charge on any atom is 0.274 e. The van der Waals surface area contributed by atoms with Crippen molar-refractivity contribution in [3.05, 3.63) is 0 Å². The number of carbonyl (C=O) groups is 1. The van der Waals surface area contributed by atoms with E-state index in [-0.39, 0.29) is 18.6 Å². The first-order valence-electron chi connectivity index (χ1n) is 6.51. The molecule has 0 amide bonds. The third kappa shape index (κ3) is 5.64. The van der Waals surface area contributed by atoms with Gasteiger partial charge in [0.2, 0.25) is 0 Å². The molecular weight excluding hydrogens is 240 g/mol. The molecule has 1 N–H and O–H groups in total. The monoisotopic (exact) mass is 262 g/mol. The van der Waals surface area contributed by atoms with E-state index in [0.29, 0.717) is 6.42 Å². The summed E-state index contributed by atoms with van der Waals surface area (Å²) in [6.45, 7) is 0. The van der Waals surface area contributed by atoms with Crippen LogP contribution >= 0.6 is 0 Å². The zero-order chi connectivity index (χ0) is 12.7. The fourth-order valence-corrected chi connectivity index (χ4v) is 3.24. The highest BCUT2D eigenvalue weighted by Gasteiger charge is 2.29. The highest BCUT2D eigenvalue weighted by molar-refractivity contribution is 7.87. The number of rotatable bonds is 1. The Morgan fingerprint density at radius 3 is 1.88 bits per heavy atom. The first-order valence-corrected chi connectivity index (χ1v) is 8.01. The van der Waals surface area contributed by atoms with Crippen LogP contribution in [0.5, 0.6) is 0 Å². The molecule has 0 saturated heterocycles. The maximum atomic E-state index is 11.7. The average molecular weight is 262 g/mol. The topological polar surface area (TPSA) is 71.4 Å². The van der Waals surface area contributed by atoms with Crippen molar-refractivity contribution in [2.24, 2.45) is 0 Å². The average Bonchev–Trinajstić information content (AvgIpc) is 2.21. The zero-order valence-electron chi connectivity index (χ0n) is 10.2. The van der Waals surface area contributed by atoms with Gasteiger partial charge in [0.1, 0.15) is 5.25 Å². The van der Waals surface area contributed by atoms with E-state index in [1.54, 1.807) is 0 Å². The number of hydrogen-bond acceptors (Lipinski definition) is 3. The van der Waals surface area contributed by atoms with Gasteiger partial charge in [-0.1, -0.05) is 44.9 Å². The van der Waals surface area contributed by atoms with E-state index in [4.69, 9.17) is 4.55 Å². The normalized spacial score (nSPS) is 25.9. The Kier molecular flexibility index (Phi) is 6.12. The lowest BCUT2D eigenvalue weighted by Gasteiger charge is -2.13. The van der Waals surface area contributed by atoms with Gasteiger partial charge in [0.15, 0.2) is 5.78 Å². The van der Waals surface area contributed by atoms with Crippen molar-refractivity contribution in [1.82, 2.24) is 0 Å². The zero-order valence-corrected chi connectivity index (χ0v) is 11.0. The van der Waals surface area contributed by atoms with E-state index in [1.165, 1.54) is 12.8 Å². The highest BCUT2D eigenvalue weighted by atomic mass is 32.2. The molecule has 4 nitrogen and oxygen atoms in total. The first kappa shape index (κ1) is 14.6. The quantitative estimate of drug-likeness (QED) is 0.737. The fourth-order valence-electron chi connectivity index (χ4n) is 2.33. The van der Waals surface area contributed by atoms with E-state index in [2.05, 4.69) is 0 Å². The first-order chi connectivity index (χ1) is 8.02. The van der Waals surface area contributed by atoms with Crippen molar-refractivity contribution in [3.63, 3.8) is 0 Å². The molecule has 1 aliphatic carbocycles. The summed E-state index contributed by atoms with van der Waals surface area (Å²) in [5.74, 6) is -0.312. The maximum absolute atomic E-state index is 11.7. The van der Waals surface area contributed by atoms with Crippen molar-refractivity contribution < 1.29 is 17.8 Å². The number of Topliss-reactive ketones (excluding diaryl/α,β-unsaturated/α-hetero) is 1.